The number of anilines is 1. The summed E-state index contributed by atoms with van der Waals surface area (Å²) >= 11 is 1.71. The summed E-state index contributed by atoms with van der Waals surface area (Å²) in [5.41, 5.74) is 1.56. The van der Waals surface area contributed by atoms with Crippen LogP contribution in [0.2, 0.25) is 0 Å². The van der Waals surface area contributed by atoms with Crippen LogP contribution in [0.5, 0.6) is 17.2 Å². The van der Waals surface area contributed by atoms with Crippen LogP contribution in [0, 0.1) is 0 Å². The summed E-state index contributed by atoms with van der Waals surface area (Å²) in [5.74, 6) is 2.22. The molecule has 1 saturated heterocycles. The molecule has 1 N–H and O–H groups in total. The Bertz CT molecular complexity index is 1270. The van der Waals surface area contributed by atoms with E-state index in [1.807, 2.05) is 54.6 Å². The molecule has 0 saturated carbocycles. The smallest absolute Gasteiger partial charge is 0.251 e. The number of benzene rings is 3. The van der Waals surface area contributed by atoms with Gasteiger partial charge in [0.25, 0.3) is 5.91 Å². The van der Waals surface area contributed by atoms with Crippen LogP contribution in [0.1, 0.15) is 10.4 Å². The predicted molar refractivity (Wildman–Crippen MR) is 140 cm³/mol. The molecule has 0 unspecified atom stereocenters. The molecule has 8 heteroatoms. The number of hydrogen-bond acceptors (Lipinski definition) is 7. The lowest BCUT2D eigenvalue weighted by Crippen LogP contribution is -2.48. The largest absolute Gasteiger partial charge is 0.494 e. The van der Waals surface area contributed by atoms with Gasteiger partial charge in [-0.05, 0) is 48.5 Å². The fourth-order valence-corrected chi connectivity index (χ4v) is 5.14. The third-order valence-corrected chi connectivity index (χ3v) is 7.12. The number of methoxy groups -OCH3 is 1. The maximum Gasteiger partial charge on any atom is 0.251 e. The highest BCUT2D eigenvalue weighted by Gasteiger charge is 2.20. The van der Waals surface area contributed by atoms with E-state index in [2.05, 4.69) is 21.2 Å². The monoisotopic (exact) mass is 488 g/mol. The van der Waals surface area contributed by atoms with E-state index in [-0.39, 0.29) is 5.91 Å². The van der Waals surface area contributed by atoms with Crippen molar-refractivity contribution >= 4 is 32.6 Å². The highest BCUT2D eigenvalue weighted by atomic mass is 32.1. The number of rotatable bonds is 8. The molecule has 0 bridgehead atoms. The lowest BCUT2D eigenvalue weighted by molar-refractivity contribution is 0.0948. The maximum absolute atomic E-state index is 12.5. The van der Waals surface area contributed by atoms with Gasteiger partial charge in [-0.1, -0.05) is 35.6 Å². The minimum Gasteiger partial charge on any atom is -0.494 e. The van der Waals surface area contributed by atoms with Crippen LogP contribution in [0.4, 0.5) is 5.13 Å². The molecular formula is C27H28N4O3S. The summed E-state index contributed by atoms with van der Waals surface area (Å²) in [4.78, 5) is 22.1. The second-order valence-electron chi connectivity index (χ2n) is 8.33. The first-order valence-electron chi connectivity index (χ1n) is 11.7. The van der Waals surface area contributed by atoms with Crippen molar-refractivity contribution in [3.8, 4) is 17.2 Å². The zero-order valence-corrected chi connectivity index (χ0v) is 20.5. The van der Waals surface area contributed by atoms with E-state index in [0.717, 1.165) is 59.6 Å². The Labute approximate surface area is 208 Å². The highest BCUT2D eigenvalue weighted by Crippen LogP contribution is 2.34. The van der Waals surface area contributed by atoms with Gasteiger partial charge in [0.1, 0.15) is 22.8 Å². The van der Waals surface area contributed by atoms with Crippen LogP contribution in [0.3, 0.4) is 0 Å². The zero-order chi connectivity index (χ0) is 24.0. The fraction of sp³-hybridized carbons (Fsp3) is 0.259. The van der Waals surface area contributed by atoms with Gasteiger partial charge in [-0.25, -0.2) is 4.98 Å². The van der Waals surface area contributed by atoms with Gasteiger partial charge in [-0.15, -0.1) is 0 Å². The number of fused-ring (bicyclic) bond motifs is 1. The summed E-state index contributed by atoms with van der Waals surface area (Å²) in [6.45, 7) is 5.14. The van der Waals surface area contributed by atoms with E-state index in [1.165, 1.54) is 0 Å². The number of para-hydroxylation sites is 2. The van der Waals surface area contributed by atoms with Gasteiger partial charge in [0.2, 0.25) is 0 Å². The molecule has 1 amide bonds. The molecule has 1 fully saturated rings. The molecule has 4 aromatic rings. The summed E-state index contributed by atoms with van der Waals surface area (Å²) in [5, 5.41) is 4.07. The Morgan fingerprint density at radius 3 is 2.43 bits per heavy atom. The van der Waals surface area contributed by atoms with Gasteiger partial charge in [-0.3, -0.25) is 9.69 Å². The number of thiazole rings is 1. The molecule has 35 heavy (non-hydrogen) atoms. The molecule has 0 spiro atoms. The molecular weight excluding hydrogens is 460 g/mol. The van der Waals surface area contributed by atoms with Gasteiger partial charge in [0.15, 0.2) is 5.13 Å². The Hall–Kier alpha value is -3.62. The zero-order valence-electron chi connectivity index (χ0n) is 19.6. The van der Waals surface area contributed by atoms with Gasteiger partial charge in [0, 0.05) is 44.8 Å². The molecule has 5 rings (SSSR count). The number of aromatic nitrogens is 1. The number of hydrogen-bond donors (Lipinski definition) is 1. The third-order valence-electron chi connectivity index (χ3n) is 6.04. The van der Waals surface area contributed by atoms with E-state index >= 15 is 0 Å². The van der Waals surface area contributed by atoms with Crippen molar-refractivity contribution < 1.29 is 14.3 Å². The molecule has 2 heterocycles. The summed E-state index contributed by atoms with van der Waals surface area (Å²) in [6.07, 6.45) is 0. The van der Waals surface area contributed by atoms with E-state index in [9.17, 15) is 4.79 Å². The number of piperazine rings is 1. The predicted octanol–water partition coefficient (Wildman–Crippen LogP) is 4.65. The van der Waals surface area contributed by atoms with Crippen LogP contribution in [-0.4, -0.2) is 62.2 Å². The van der Waals surface area contributed by atoms with Crippen LogP contribution in [0.25, 0.3) is 10.2 Å². The Balaban J connectivity index is 1.07. The molecule has 0 atom stereocenters. The van der Waals surface area contributed by atoms with Crippen molar-refractivity contribution in [2.75, 3.05) is 51.3 Å². The minimum atomic E-state index is -0.0710. The molecule has 0 aliphatic carbocycles. The lowest BCUT2D eigenvalue weighted by Gasteiger charge is -2.34. The first-order chi connectivity index (χ1) is 17.2. The SMILES string of the molecule is COc1cccc2sc(N3CCN(CCNC(=O)c4ccc(Oc5ccccc5)cc4)CC3)nc12. The maximum atomic E-state index is 12.5. The average molecular weight is 489 g/mol. The van der Waals surface area contributed by atoms with Crippen LogP contribution < -0.4 is 19.7 Å². The first kappa shape index (κ1) is 23.1. The van der Waals surface area contributed by atoms with Gasteiger partial charge in [-0.2, -0.15) is 0 Å². The number of nitrogens with zero attached hydrogens (tertiary/aromatic N) is 3. The van der Waals surface area contributed by atoms with E-state index in [0.29, 0.717) is 17.9 Å². The quantitative estimate of drug-likeness (QED) is 0.390. The summed E-state index contributed by atoms with van der Waals surface area (Å²) < 4.78 is 12.4. The van der Waals surface area contributed by atoms with Crippen molar-refractivity contribution in [3.63, 3.8) is 0 Å². The molecule has 3 aromatic carbocycles. The Kier molecular flexibility index (Phi) is 7.11. The fourth-order valence-electron chi connectivity index (χ4n) is 4.10. The van der Waals surface area contributed by atoms with Crippen LogP contribution in [-0.2, 0) is 0 Å². The number of carbonyl (C=O) groups is 1. The van der Waals surface area contributed by atoms with E-state index in [4.69, 9.17) is 14.5 Å². The first-order valence-corrected chi connectivity index (χ1v) is 12.5. The van der Waals surface area contributed by atoms with Gasteiger partial charge in [0.05, 0.1) is 11.8 Å². The normalized spacial score (nSPS) is 14.1. The minimum absolute atomic E-state index is 0.0710. The van der Waals surface area contributed by atoms with Crippen molar-refractivity contribution in [3.05, 3.63) is 78.4 Å². The number of amides is 1. The lowest BCUT2D eigenvalue weighted by atomic mass is 10.2. The molecule has 7 nitrogen and oxygen atoms in total. The molecule has 180 valence electrons. The third kappa shape index (κ3) is 5.55. The van der Waals surface area contributed by atoms with E-state index < -0.39 is 0 Å². The Morgan fingerprint density at radius 2 is 1.69 bits per heavy atom. The van der Waals surface area contributed by atoms with Crippen molar-refractivity contribution in [2.24, 2.45) is 0 Å². The second kappa shape index (κ2) is 10.8. The molecule has 0 radical (unpaired) electrons. The standard InChI is InChI=1S/C27H28N4O3S/c1-33-23-8-5-9-24-25(23)29-27(35-24)31-18-16-30(17-19-31)15-14-28-26(32)20-10-12-22(13-11-20)34-21-6-3-2-4-7-21/h2-13H,14-19H2,1H3,(H,28,32). The van der Waals surface area contributed by atoms with Crippen molar-refractivity contribution in [2.45, 2.75) is 0 Å². The Morgan fingerprint density at radius 1 is 0.943 bits per heavy atom. The van der Waals surface area contributed by atoms with Gasteiger partial charge < -0.3 is 19.7 Å². The molecule has 1 aromatic heterocycles. The van der Waals surface area contributed by atoms with Crippen LogP contribution >= 0.6 is 11.3 Å². The molecule has 1 aliphatic heterocycles. The topological polar surface area (TPSA) is 66.9 Å². The van der Waals surface area contributed by atoms with Gasteiger partial charge >= 0.3 is 0 Å². The van der Waals surface area contributed by atoms with Crippen LogP contribution in [0.15, 0.2) is 72.8 Å². The number of ether oxygens (including phenoxy) is 2. The number of nitrogens with one attached hydrogen (secondary N) is 1. The molecule has 1 aliphatic rings. The summed E-state index contributed by atoms with van der Waals surface area (Å²) in [7, 11) is 1.68. The number of carbonyl (C=O) groups excluding carboxylic acids is 1. The highest BCUT2D eigenvalue weighted by molar-refractivity contribution is 7.22. The average Bonchev–Trinajstić information content (AvgIpc) is 3.35. The van der Waals surface area contributed by atoms with Crippen molar-refractivity contribution in [1.29, 1.82) is 0 Å². The van der Waals surface area contributed by atoms with E-state index in [1.54, 1.807) is 30.6 Å². The second-order valence-corrected chi connectivity index (χ2v) is 9.34. The summed E-state index contributed by atoms with van der Waals surface area (Å²) in [6, 6.07) is 22.9. The van der Waals surface area contributed by atoms with Crippen molar-refractivity contribution in [1.82, 2.24) is 15.2 Å².